The lowest BCUT2D eigenvalue weighted by atomic mass is 9.71. The Bertz CT molecular complexity index is 952. The summed E-state index contributed by atoms with van der Waals surface area (Å²) in [5.41, 5.74) is -0.229. The topological polar surface area (TPSA) is 77.3 Å². The number of hydrogen-bond acceptors (Lipinski definition) is 5. The van der Waals surface area contributed by atoms with E-state index in [1.165, 1.54) is 28.6 Å². The second-order valence-corrected chi connectivity index (χ2v) is 10.5. The molecule has 0 amide bonds. The Morgan fingerprint density at radius 1 is 1.24 bits per heavy atom. The summed E-state index contributed by atoms with van der Waals surface area (Å²) in [6.07, 6.45) is 3.29. The van der Waals surface area contributed by atoms with Crippen molar-refractivity contribution < 1.29 is 17.5 Å². The number of sulfonamides is 1. The zero-order valence-corrected chi connectivity index (χ0v) is 17.6. The number of nitrogens with zero attached hydrogens (tertiary/aromatic N) is 4. The molecule has 0 N–H and O–H groups in total. The van der Waals surface area contributed by atoms with Gasteiger partial charge in [0, 0.05) is 38.8 Å². The van der Waals surface area contributed by atoms with Crippen molar-refractivity contribution in [2.75, 3.05) is 26.3 Å². The molecular formula is C20H27FN4O3S. The highest BCUT2D eigenvalue weighted by Crippen LogP contribution is 2.50. The molecule has 3 heterocycles. The molecule has 0 saturated carbocycles. The molecule has 1 aromatic carbocycles. The van der Waals surface area contributed by atoms with Gasteiger partial charge in [-0.2, -0.15) is 4.31 Å². The number of rotatable bonds is 5. The quantitative estimate of drug-likeness (QED) is 0.740. The number of hydrogen-bond donors (Lipinski definition) is 0. The van der Waals surface area contributed by atoms with Crippen molar-refractivity contribution in [3.63, 3.8) is 0 Å². The highest BCUT2D eigenvalue weighted by atomic mass is 32.2. The van der Waals surface area contributed by atoms with E-state index >= 15 is 0 Å². The average molecular weight is 423 g/mol. The van der Waals surface area contributed by atoms with E-state index in [2.05, 4.69) is 28.6 Å². The molecule has 0 aliphatic carbocycles. The van der Waals surface area contributed by atoms with Gasteiger partial charge in [0.05, 0.1) is 4.90 Å². The lowest BCUT2D eigenvalue weighted by Crippen LogP contribution is -2.38. The zero-order chi connectivity index (χ0) is 20.6. The average Bonchev–Trinajstić information content (AvgIpc) is 3.27. The first kappa shape index (κ1) is 20.4. The lowest BCUT2D eigenvalue weighted by Gasteiger charge is -2.37. The monoisotopic (exact) mass is 422 g/mol. The van der Waals surface area contributed by atoms with Crippen molar-refractivity contribution in [1.29, 1.82) is 0 Å². The van der Waals surface area contributed by atoms with Crippen molar-refractivity contribution in [1.82, 2.24) is 19.1 Å². The van der Waals surface area contributed by atoms with Crippen LogP contribution in [0.1, 0.15) is 38.4 Å². The van der Waals surface area contributed by atoms with Crippen LogP contribution in [-0.4, -0.2) is 53.8 Å². The predicted octanol–water partition coefficient (Wildman–Crippen LogP) is 2.66. The van der Waals surface area contributed by atoms with Gasteiger partial charge >= 0.3 is 0 Å². The summed E-state index contributed by atoms with van der Waals surface area (Å²) in [5.74, 6) is 0.766. The largest absolute Gasteiger partial charge is 0.381 e. The van der Waals surface area contributed by atoms with Gasteiger partial charge < -0.3 is 9.30 Å². The lowest BCUT2D eigenvalue weighted by molar-refractivity contribution is 0.0129. The van der Waals surface area contributed by atoms with Crippen LogP contribution in [-0.2, 0) is 21.3 Å². The maximum absolute atomic E-state index is 13.3. The van der Waals surface area contributed by atoms with E-state index in [9.17, 15) is 12.8 Å². The summed E-state index contributed by atoms with van der Waals surface area (Å²) in [5, 5.41) is 8.53. The van der Waals surface area contributed by atoms with Crippen LogP contribution in [0.5, 0.6) is 0 Å². The fourth-order valence-corrected chi connectivity index (χ4v) is 6.12. The van der Waals surface area contributed by atoms with Crippen LogP contribution >= 0.6 is 0 Å². The summed E-state index contributed by atoms with van der Waals surface area (Å²) in [4.78, 5) is 0.116. The van der Waals surface area contributed by atoms with Gasteiger partial charge in [0.2, 0.25) is 10.0 Å². The molecule has 2 aromatic rings. The van der Waals surface area contributed by atoms with Crippen LogP contribution < -0.4 is 0 Å². The number of benzene rings is 1. The van der Waals surface area contributed by atoms with Crippen LogP contribution in [0.15, 0.2) is 35.5 Å². The van der Waals surface area contributed by atoms with Crippen molar-refractivity contribution in [2.45, 2.75) is 44.0 Å². The molecule has 29 heavy (non-hydrogen) atoms. The molecule has 4 rings (SSSR count). The van der Waals surface area contributed by atoms with Crippen LogP contribution in [0, 0.1) is 17.2 Å². The third kappa shape index (κ3) is 3.83. The Hall–Kier alpha value is -1.84. The third-order valence-corrected chi connectivity index (χ3v) is 7.90. The number of aromatic nitrogens is 3. The molecule has 2 saturated heterocycles. The van der Waals surface area contributed by atoms with E-state index in [4.69, 9.17) is 4.74 Å². The highest BCUT2D eigenvalue weighted by molar-refractivity contribution is 7.89. The summed E-state index contributed by atoms with van der Waals surface area (Å²) in [7, 11) is -3.72. The molecule has 1 atom stereocenters. The van der Waals surface area contributed by atoms with Gasteiger partial charge in [-0.3, -0.25) is 0 Å². The smallest absolute Gasteiger partial charge is 0.243 e. The van der Waals surface area contributed by atoms with Gasteiger partial charge in [-0.05, 0) is 48.4 Å². The molecule has 2 aliphatic heterocycles. The van der Waals surface area contributed by atoms with E-state index in [0.717, 1.165) is 25.2 Å². The van der Waals surface area contributed by atoms with Crippen molar-refractivity contribution in [3.8, 4) is 0 Å². The minimum Gasteiger partial charge on any atom is -0.381 e. The minimum atomic E-state index is -3.72. The molecule has 9 heteroatoms. The van der Waals surface area contributed by atoms with Crippen LogP contribution in [0.2, 0.25) is 0 Å². The second kappa shape index (κ2) is 7.77. The molecule has 2 aliphatic rings. The van der Waals surface area contributed by atoms with E-state index in [0.29, 0.717) is 32.2 Å². The normalized spacial score (nSPS) is 22.6. The molecule has 1 unspecified atom stereocenters. The Kier molecular flexibility index (Phi) is 5.48. The molecule has 158 valence electrons. The van der Waals surface area contributed by atoms with Crippen molar-refractivity contribution in [2.24, 2.45) is 11.3 Å². The van der Waals surface area contributed by atoms with Crippen LogP contribution in [0.4, 0.5) is 4.39 Å². The number of halogens is 1. The maximum atomic E-state index is 13.3. The molecule has 1 aromatic heterocycles. The first-order valence-electron chi connectivity index (χ1n) is 10.0. The van der Waals surface area contributed by atoms with Crippen molar-refractivity contribution >= 4 is 10.0 Å². The fraction of sp³-hybridized carbons (Fsp3) is 0.600. The first-order valence-corrected chi connectivity index (χ1v) is 11.5. The molecule has 0 radical (unpaired) electrons. The van der Waals surface area contributed by atoms with E-state index in [1.54, 1.807) is 6.33 Å². The molecule has 0 bridgehead atoms. The minimum absolute atomic E-state index is 0.0529. The number of ether oxygens (including phenoxy) is 1. The molecule has 2 fully saturated rings. The maximum Gasteiger partial charge on any atom is 0.243 e. The summed E-state index contributed by atoms with van der Waals surface area (Å²) >= 11 is 0. The van der Waals surface area contributed by atoms with E-state index in [-0.39, 0.29) is 16.2 Å². The van der Waals surface area contributed by atoms with Crippen molar-refractivity contribution in [3.05, 3.63) is 42.2 Å². The van der Waals surface area contributed by atoms with Crippen LogP contribution in [0.25, 0.3) is 0 Å². The Morgan fingerprint density at radius 3 is 2.59 bits per heavy atom. The van der Waals surface area contributed by atoms with Gasteiger partial charge in [0.25, 0.3) is 0 Å². The van der Waals surface area contributed by atoms with Gasteiger partial charge in [0.15, 0.2) is 0 Å². The standard InChI is InChI=1S/C20H27FN4O3S/c1-15(2)11-24-14-22-23-19(24)18-12-25(13-20(18)7-9-28-10-8-20)29(26,27)17-5-3-16(21)4-6-17/h3-6,14-15,18H,7-13H2,1-2H3. The second-order valence-electron chi connectivity index (χ2n) is 8.51. The summed E-state index contributed by atoms with van der Waals surface area (Å²) in [6.45, 7) is 7.03. The fourth-order valence-electron chi connectivity index (χ4n) is 4.57. The Balaban J connectivity index is 1.70. The summed E-state index contributed by atoms with van der Waals surface area (Å²) < 4.78 is 49.0. The van der Waals surface area contributed by atoms with Gasteiger partial charge in [-0.1, -0.05) is 13.8 Å². The molecule has 1 spiro atoms. The molecule has 7 nitrogen and oxygen atoms in total. The summed E-state index contributed by atoms with van der Waals surface area (Å²) in [6, 6.07) is 5.03. The molecular weight excluding hydrogens is 395 g/mol. The van der Waals surface area contributed by atoms with Gasteiger partial charge in [-0.15, -0.1) is 10.2 Å². The first-order chi connectivity index (χ1) is 13.8. The van der Waals surface area contributed by atoms with Gasteiger partial charge in [0.1, 0.15) is 18.0 Å². The van der Waals surface area contributed by atoms with E-state index in [1.807, 2.05) is 0 Å². The zero-order valence-electron chi connectivity index (χ0n) is 16.8. The van der Waals surface area contributed by atoms with E-state index < -0.39 is 15.8 Å². The predicted molar refractivity (Wildman–Crippen MR) is 105 cm³/mol. The third-order valence-electron chi connectivity index (χ3n) is 6.08. The Labute approximate surface area is 170 Å². The van der Waals surface area contributed by atoms with Crippen LogP contribution in [0.3, 0.4) is 0 Å². The highest BCUT2D eigenvalue weighted by Gasteiger charge is 2.52. The van der Waals surface area contributed by atoms with Gasteiger partial charge in [-0.25, -0.2) is 12.8 Å². The Morgan fingerprint density at radius 2 is 1.93 bits per heavy atom. The SMILES string of the molecule is CC(C)Cn1cnnc1C1CN(S(=O)(=O)c2ccc(F)cc2)CC12CCOCC2.